The van der Waals surface area contributed by atoms with Crippen molar-refractivity contribution in [1.29, 1.82) is 5.26 Å². The molecular formula is C18H19NO2. The van der Waals surface area contributed by atoms with Crippen LogP contribution < -0.4 is 9.47 Å². The first-order valence-electron chi connectivity index (χ1n) is 7.13. The minimum absolute atomic E-state index is 0.281. The maximum absolute atomic E-state index is 9.47. The minimum atomic E-state index is -0.281. The van der Waals surface area contributed by atoms with E-state index in [1.807, 2.05) is 62.4 Å². The molecule has 0 spiro atoms. The minimum Gasteiger partial charge on any atom is -0.494 e. The lowest BCUT2D eigenvalue weighted by Gasteiger charge is -2.12. The lowest BCUT2D eigenvalue weighted by molar-refractivity contribution is 0.340. The largest absolute Gasteiger partial charge is 0.494 e. The standard InChI is InChI=1S/C18H19NO2/c1-3-20-16-9-5-14(6-10-16)18(13-19)15-7-11-17(12-8-15)21-4-2/h5-12,18H,3-4H2,1-2H3. The highest BCUT2D eigenvalue weighted by molar-refractivity contribution is 5.42. The third kappa shape index (κ3) is 3.76. The molecule has 3 nitrogen and oxygen atoms in total. The van der Waals surface area contributed by atoms with Gasteiger partial charge in [-0.05, 0) is 49.2 Å². The molecule has 0 unspecified atom stereocenters. The first kappa shape index (κ1) is 14.9. The first-order valence-corrected chi connectivity index (χ1v) is 7.13. The van der Waals surface area contributed by atoms with Gasteiger partial charge in [-0.25, -0.2) is 0 Å². The van der Waals surface area contributed by atoms with E-state index in [0.717, 1.165) is 22.6 Å². The Hall–Kier alpha value is -2.47. The van der Waals surface area contributed by atoms with Crippen molar-refractivity contribution in [2.75, 3.05) is 13.2 Å². The number of nitriles is 1. The van der Waals surface area contributed by atoms with Gasteiger partial charge in [0.15, 0.2) is 0 Å². The topological polar surface area (TPSA) is 42.2 Å². The molecule has 0 N–H and O–H groups in total. The fourth-order valence-corrected chi connectivity index (χ4v) is 2.19. The summed E-state index contributed by atoms with van der Waals surface area (Å²) in [4.78, 5) is 0. The van der Waals surface area contributed by atoms with Crippen molar-refractivity contribution in [1.82, 2.24) is 0 Å². The second kappa shape index (κ2) is 7.35. The van der Waals surface area contributed by atoms with Crippen molar-refractivity contribution in [2.45, 2.75) is 19.8 Å². The van der Waals surface area contributed by atoms with Crippen LogP contribution in [0.1, 0.15) is 30.9 Å². The Labute approximate surface area is 125 Å². The molecule has 0 aromatic heterocycles. The van der Waals surface area contributed by atoms with Crippen LogP contribution in [0.5, 0.6) is 11.5 Å². The Bertz CT molecular complexity index is 547. The molecule has 0 radical (unpaired) electrons. The zero-order valence-electron chi connectivity index (χ0n) is 12.4. The Morgan fingerprint density at radius 1 is 0.810 bits per heavy atom. The highest BCUT2D eigenvalue weighted by Gasteiger charge is 2.13. The van der Waals surface area contributed by atoms with Gasteiger partial charge in [-0.3, -0.25) is 0 Å². The summed E-state index contributed by atoms with van der Waals surface area (Å²) in [5.41, 5.74) is 1.93. The zero-order chi connectivity index (χ0) is 15.1. The molecule has 2 rings (SSSR count). The molecule has 0 amide bonds. The van der Waals surface area contributed by atoms with Crippen LogP contribution in [0.3, 0.4) is 0 Å². The number of rotatable bonds is 6. The van der Waals surface area contributed by atoms with E-state index < -0.39 is 0 Å². The van der Waals surface area contributed by atoms with Gasteiger partial charge in [-0.2, -0.15) is 5.26 Å². The number of ether oxygens (including phenoxy) is 2. The number of hydrogen-bond acceptors (Lipinski definition) is 3. The highest BCUT2D eigenvalue weighted by Crippen LogP contribution is 2.27. The molecular weight excluding hydrogens is 262 g/mol. The van der Waals surface area contributed by atoms with Crippen molar-refractivity contribution in [3.63, 3.8) is 0 Å². The predicted molar refractivity (Wildman–Crippen MR) is 82.7 cm³/mol. The molecule has 21 heavy (non-hydrogen) atoms. The van der Waals surface area contributed by atoms with E-state index in [9.17, 15) is 5.26 Å². The summed E-state index contributed by atoms with van der Waals surface area (Å²) in [5, 5.41) is 9.47. The summed E-state index contributed by atoms with van der Waals surface area (Å²) in [6.45, 7) is 5.18. The van der Waals surface area contributed by atoms with E-state index in [4.69, 9.17) is 9.47 Å². The molecule has 0 atom stereocenters. The van der Waals surface area contributed by atoms with E-state index in [-0.39, 0.29) is 5.92 Å². The van der Waals surface area contributed by atoms with Gasteiger partial charge in [-0.1, -0.05) is 24.3 Å². The molecule has 0 bridgehead atoms. The molecule has 0 aliphatic heterocycles. The second-order valence-electron chi connectivity index (χ2n) is 4.57. The third-order valence-corrected chi connectivity index (χ3v) is 3.18. The molecule has 0 heterocycles. The molecule has 108 valence electrons. The van der Waals surface area contributed by atoms with Crippen molar-refractivity contribution in [3.05, 3.63) is 59.7 Å². The van der Waals surface area contributed by atoms with E-state index >= 15 is 0 Å². The van der Waals surface area contributed by atoms with Gasteiger partial charge >= 0.3 is 0 Å². The summed E-state index contributed by atoms with van der Waals surface area (Å²) >= 11 is 0. The Kier molecular flexibility index (Phi) is 5.22. The fraction of sp³-hybridized carbons (Fsp3) is 0.278. The second-order valence-corrected chi connectivity index (χ2v) is 4.57. The SMILES string of the molecule is CCOc1ccc(C(C#N)c2ccc(OCC)cc2)cc1. The number of hydrogen-bond donors (Lipinski definition) is 0. The first-order chi connectivity index (χ1) is 10.3. The monoisotopic (exact) mass is 281 g/mol. The van der Waals surface area contributed by atoms with Gasteiger partial charge in [0.05, 0.1) is 25.2 Å². The van der Waals surface area contributed by atoms with Crippen molar-refractivity contribution in [3.8, 4) is 17.6 Å². The summed E-state index contributed by atoms with van der Waals surface area (Å²) < 4.78 is 10.8. The predicted octanol–water partition coefficient (Wildman–Crippen LogP) is 4.14. The maximum atomic E-state index is 9.47. The average Bonchev–Trinajstić information content (AvgIpc) is 2.52. The summed E-state index contributed by atoms with van der Waals surface area (Å²) in [7, 11) is 0. The molecule has 0 saturated heterocycles. The quantitative estimate of drug-likeness (QED) is 0.799. The van der Waals surface area contributed by atoms with Gasteiger partial charge in [-0.15, -0.1) is 0 Å². The van der Waals surface area contributed by atoms with Crippen LogP contribution in [0, 0.1) is 11.3 Å². The van der Waals surface area contributed by atoms with Crippen LogP contribution in [0.15, 0.2) is 48.5 Å². The van der Waals surface area contributed by atoms with Gasteiger partial charge in [0.1, 0.15) is 11.5 Å². The average molecular weight is 281 g/mol. The highest BCUT2D eigenvalue weighted by atomic mass is 16.5. The number of benzene rings is 2. The van der Waals surface area contributed by atoms with Crippen LogP contribution >= 0.6 is 0 Å². The van der Waals surface area contributed by atoms with Crippen molar-refractivity contribution in [2.24, 2.45) is 0 Å². The Morgan fingerprint density at radius 2 is 1.19 bits per heavy atom. The Balaban J connectivity index is 2.20. The van der Waals surface area contributed by atoms with Crippen LogP contribution in [-0.2, 0) is 0 Å². The van der Waals surface area contributed by atoms with Gasteiger partial charge in [0.25, 0.3) is 0 Å². The normalized spacial score (nSPS) is 10.2. The van der Waals surface area contributed by atoms with Gasteiger partial charge in [0, 0.05) is 0 Å². The van der Waals surface area contributed by atoms with Crippen molar-refractivity contribution >= 4 is 0 Å². The fourth-order valence-electron chi connectivity index (χ4n) is 2.19. The lowest BCUT2D eigenvalue weighted by Crippen LogP contribution is -1.99. The van der Waals surface area contributed by atoms with Crippen molar-refractivity contribution < 1.29 is 9.47 Å². The summed E-state index contributed by atoms with van der Waals surface area (Å²) in [6, 6.07) is 17.7. The van der Waals surface area contributed by atoms with E-state index in [2.05, 4.69) is 6.07 Å². The van der Waals surface area contributed by atoms with Gasteiger partial charge in [0.2, 0.25) is 0 Å². The molecule has 0 fully saturated rings. The Morgan fingerprint density at radius 3 is 1.48 bits per heavy atom. The smallest absolute Gasteiger partial charge is 0.119 e. The lowest BCUT2D eigenvalue weighted by atomic mass is 9.92. The van der Waals surface area contributed by atoms with E-state index in [1.54, 1.807) is 0 Å². The molecule has 0 aliphatic carbocycles. The molecule has 2 aromatic carbocycles. The van der Waals surface area contributed by atoms with E-state index in [1.165, 1.54) is 0 Å². The summed E-state index contributed by atoms with van der Waals surface area (Å²) in [5.74, 6) is 1.37. The van der Waals surface area contributed by atoms with Crippen LogP contribution in [-0.4, -0.2) is 13.2 Å². The molecule has 2 aromatic rings. The summed E-state index contributed by atoms with van der Waals surface area (Å²) in [6.07, 6.45) is 0. The van der Waals surface area contributed by atoms with E-state index in [0.29, 0.717) is 13.2 Å². The molecule has 3 heteroatoms. The number of nitrogens with zero attached hydrogens (tertiary/aromatic N) is 1. The van der Waals surface area contributed by atoms with Crippen LogP contribution in [0.25, 0.3) is 0 Å². The van der Waals surface area contributed by atoms with Crippen LogP contribution in [0.4, 0.5) is 0 Å². The van der Waals surface area contributed by atoms with Gasteiger partial charge < -0.3 is 9.47 Å². The zero-order valence-corrected chi connectivity index (χ0v) is 12.4. The molecule has 0 aliphatic rings. The molecule has 0 saturated carbocycles. The maximum Gasteiger partial charge on any atom is 0.119 e. The van der Waals surface area contributed by atoms with Crippen LogP contribution in [0.2, 0.25) is 0 Å². The third-order valence-electron chi connectivity index (χ3n) is 3.18.